The normalized spacial score (nSPS) is 19.2. The van der Waals surface area contributed by atoms with Crippen LogP contribution in [0.15, 0.2) is 0 Å². The molecule has 0 amide bonds. The van der Waals surface area contributed by atoms with Gasteiger partial charge in [-0.15, -0.1) is 0 Å². The number of Topliss-reactive ketones (excluding diaryl/α,β-unsaturated/α-hetero) is 1. The fourth-order valence-corrected chi connectivity index (χ4v) is 1.27. The third-order valence-corrected chi connectivity index (χ3v) is 1.96. The van der Waals surface area contributed by atoms with E-state index in [9.17, 15) is 9.59 Å². The summed E-state index contributed by atoms with van der Waals surface area (Å²) in [4.78, 5) is 21.5. The maximum Gasteiger partial charge on any atom is 0.319 e. The predicted octanol–water partition coefficient (Wildman–Crippen LogP) is -0.000000000000000222. The van der Waals surface area contributed by atoms with E-state index in [2.05, 4.69) is 0 Å². The molecule has 0 heterocycles. The molecule has 2 N–H and O–H groups in total. The topological polar surface area (TPSA) is 69.4 Å². The van der Waals surface area contributed by atoms with Gasteiger partial charge in [-0.2, -0.15) is 0 Å². The molecule has 0 aromatic rings. The summed E-state index contributed by atoms with van der Waals surface area (Å²) in [5.41, 5.74) is 5.08. The van der Waals surface area contributed by atoms with Crippen LogP contribution in [0.25, 0.3) is 0 Å². The summed E-state index contributed by atoms with van der Waals surface area (Å²) >= 11 is 0. The van der Waals surface area contributed by atoms with Gasteiger partial charge in [-0.3, -0.25) is 9.59 Å². The van der Waals surface area contributed by atoms with E-state index >= 15 is 0 Å². The Hall–Kier alpha value is -0.900. The van der Waals surface area contributed by atoms with Gasteiger partial charge in [0.15, 0.2) is 0 Å². The van der Waals surface area contributed by atoms with E-state index in [0.29, 0.717) is 25.7 Å². The number of esters is 1. The van der Waals surface area contributed by atoms with Crippen molar-refractivity contribution in [3.8, 4) is 0 Å². The molecule has 4 nitrogen and oxygen atoms in total. The molecule has 12 heavy (non-hydrogen) atoms. The molecule has 0 spiro atoms. The lowest BCUT2D eigenvalue weighted by atomic mass is 9.96. The van der Waals surface area contributed by atoms with Crippen LogP contribution in [0.2, 0.25) is 0 Å². The number of hydrogen-bond donors (Lipinski definition) is 1. The molecule has 0 aliphatic heterocycles. The van der Waals surface area contributed by atoms with Crippen LogP contribution in [0, 0.1) is 0 Å². The Morgan fingerprint density at radius 2 is 2.08 bits per heavy atom. The predicted molar refractivity (Wildman–Crippen MR) is 42.4 cm³/mol. The summed E-state index contributed by atoms with van der Waals surface area (Å²) in [6.45, 7) is -0.0789. The van der Waals surface area contributed by atoms with E-state index in [4.69, 9.17) is 10.5 Å². The molecule has 0 atom stereocenters. The number of carbonyl (C=O) groups is 2. The average Bonchev–Trinajstić information content (AvgIpc) is 2.09. The van der Waals surface area contributed by atoms with E-state index in [1.165, 1.54) is 0 Å². The van der Waals surface area contributed by atoms with Gasteiger partial charge in [0.1, 0.15) is 11.9 Å². The van der Waals surface area contributed by atoms with Crippen LogP contribution in [0.3, 0.4) is 0 Å². The number of nitrogens with two attached hydrogens (primary N) is 1. The fourth-order valence-electron chi connectivity index (χ4n) is 1.27. The Bertz CT molecular complexity index is 181. The van der Waals surface area contributed by atoms with Crippen molar-refractivity contribution in [1.29, 1.82) is 0 Å². The highest BCUT2D eigenvalue weighted by molar-refractivity contribution is 5.79. The molecule has 0 radical (unpaired) electrons. The monoisotopic (exact) mass is 171 g/mol. The zero-order valence-corrected chi connectivity index (χ0v) is 6.91. The maximum atomic E-state index is 10.8. The third kappa shape index (κ3) is 2.62. The van der Waals surface area contributed by atoms with Crippen LogP contribution in [-0.4, -0.2) is 24.4 Å². The van der Waals surface area contributed by atoms with Gasteiger partial charge in [-0.05, 0) is 12.8 Å². The van der Waals surface area contributed by atoms with Crippen LogP contribution in [0.1, 0.15) is 25.7 Å². The minimum absolute atomic E-state index is 0.0789. The van der Waals surface area contributed by atoms with Gasteiger partial charge in [0.2, 0.25) is 0 Å². The van der Waals surface area contributed by atoms with E-state index in [-0.39, 0.29) is 24.4 Å². The second kappa shape index (κ2) is 4.21. The highest BCUT2D eigenvalue weighted by atomic mass is 16.5. The lowest BCUT2D eigenvalue weighted by Crippen LogP contribution is -2.27. The largest absolute Gasteiger partial charge is 0.461 e. The summed E-state index contributed by atoms with van der Waals surface area (Å²) in [5.74, 6) is -0.121. The molecular formula is C8H13NO3. The standard InChI is InChI=1S/C8H13NO3/c9-5-8(11)12-7-3-1-6(10)2-4-7/h7H,1-5,9H2. The minimum atomic E-state index is -0.380. The van der Waals surface area contributed by atoms with Gasteiger partial charge in [0, 0.05) is 12.8 Å². The van der Waals surface area contributed by atoms with Crippen molar-refractivity contribution in [2.24, 2.45) is 5.73 Å². The highest BCUT2D eigenvalue weighted by Gasteiger charge is 2.21. The Morgan fingerprint density at radius 1 is 1.50 bits per heavy atom. The van der Waals surface area contributed by atoms with Crippen LogP contribution in [0.4, 0.5) is 0 Å². The molecular weight excluding hydrogens is 158 g/mol. The lowest BCUT2D eigenvalue weighted by molar-refractivity contribution is -0.150. The van der Waals surface area contributed by atoms with Gasteiger partial charge < -0.3 is 10.5 Å². The van der Waals surface area contributed by atoms with Gasteiger partial charge >= 0.3 is 5.97 Å². The Kier molecular flexibility index (Phi) is 3.22. The molecule has 0 saturated heterocycles. The number of carbonyl (C=O) groups excluding carboxylic acids is 2. The van der Waals surface area contributed by atoms with Crippen LogP contribution in [0.5, 0.6) is 0 Å². The van der Waals surface area contributed by atoms with Crippen molar-refractivity contribution in [3.05, 3.63) is 0 Å². The Morgan fingerprint density at radius 3 is 2.58 bits per heavy atom. The molecule has 1 fully saturated rings. The van der Waals surface area contributed by atoms with Crippen molar-refractivity contribution in [2.45, 2.75) is 31.8 Å². The van der Waals surface area contributed by atoms with Gasteiger partial charge in [-0.25, -0.2) is 0 Å². The number of ketones is 1. The summed E-state index contributed by atoms with van der Waals surface area (Å²) < 4.78 is 4.97. The average molecular weight is 171 g/mol. The Balaban J connectivity index is 2.26. The maximum absolute atomic E-state index is 10.8. The van der Waals surface area contributed by atoms with Gasteiger partial charge in [-0.1, -0.05) is 0 Å². The van der Waals surface area contributed by atoms with Crippen molar-refractivity contribution in [1.82, 2.24) is 0 Å². The number of rotatable bonds is 2. The zero-order valence-electron chi connectivity index (χ0n) is 6.91. The molecule has 1 rings (SSSR count). The summed E-state index contributed by atoms with van der Waals surface area (Å²) in [6, 6.07) is 0. The van der Waals surface area contributed by atoms with Crippen molar-refractivity contribution < 1.29 is 14.3 Å². The van der Waals surface area contributed by atoms with E-state index in [1.807, 2.05) is 0 Å². The second-order valence-corrected chi connectivity index (χ2v) is 2.93. The first-order valence-corrected chi connectivity index (χ1v) is 4.13. The van der Waals surface area contributed by atoms with Gasteiger partial charge in [0.05, 0.1) is 6.54 Å². The zero-order chi connectivity index (χ0) is 8.97. The van der Waals surface area contributed by atoms with Gasteiger partial charge in [0.25, 0.3) is 0 Å². The second-order valence-electron chi connectivity index (χ2n) is 2.93. The van der Waals surface area contributed by atoms with Crippen molar-refractivity contribution >= 4 is 11.8 Å². The molecule has 0 unspecified atom stereocenters. The SMILES string of the molecule is NCC(=O)OC1CCC(=O)CC1. The van der Waals surface area contributed by atoms with E-state index < -0.39 is 0 Å². The highest BCUT2D eigenvalue weighted by Crippen LogP contribution is 2.17. The Labute approximate surface area is 71.1 Å². The van der Waals surface area contributed by atoms with Crippen LogP contribution >= 0.6 is 0 Å². The summed E-state index contributed by atoms with van der Waals surface area (Å²) in [6.07, 6.45) is 2.29. The number of ether oxygens (including phenoxy) is 1. The smallest absolute Gasteiger partial charge is 0.319 e. The van der Waals surface area contributed by atoms with E-state index in [0.717, 1.165) is 0 Å². The molecule has 1 aliphatic carbocycles. The van der Waals surface area contributed by atoms with Crippen molar-refractivity contribution in [3.63, 3.8) is 0 Å². The molecule has 0 aromatic carbocycles. The van der Waals surface area contributed by atoms with E-state index in [1.54, 1.807) is 0 Å². The fraction of sp³-hybridized carbons (Fsp3) is 0.750. The number of hydrogen-bond acceptors (Lipinski definition) is 4. The summed E-state index contributed by atoms with van der Waals surface area (Å²) in [5, 5.41) is 0. The first kappa shape index (κ1) is 9.19. The molecule has 1 saturated carbocycles. The van der Waals surface area contributed by atoms with Crippen LogP contribution in [-0.2, 0) is 14.3 Å². The quantitative estimate of drug-likeness (QED) is 0.594. The minimum Gasteiger partial charge on any atom is -0.461 e. The molecule has 0 aromatic heterocycles. The molecule has 1 aliphatic rings. The summed E-state index contributed by atoms with van der Waals surface area (Å²) in [7, 11) is 0. The molecule has 4 heteroatoms. The molecule has 68 valence electrons. The first-order valence-electron chi connectivity index (χ1n) is 4.13. The van der Waals surface area contributed by atoms with Crippen molar-refractivity contribution in [2.75, 3.05) is 6.54 Å². The third-order valence-electron chi connectivity index (χ3n) is 1.96. The van der Waals surface area contributed by atoms with Crippen LogP contribution < -0.4 is 5.73 Å². The molecule has 0 bridgehead atoms. The lowest BCUT2D eigenvalue weighted by Gasteiger charge is -2.20. The first-order chi connectivity index (χ1) is 5.72.